The molecule has 1 amide bonds. The second kappa shape index (κ2) is 8.71. The first-order chi connectivity index (χ1) is 14.5. The third-order valence-electron chi connectivity index (χ3n) is 5.29. The number of methoxy groups -OCH3 is 1. The van der Waals surface area contributed by atoms with E-state index in [0.717, 1.165) is 41.6 Å². The number of nitrogens with zero attached hydrogens (tertiary/aromatic N) is 1. The molecule has 6 heteroatoms. The molecule has 0 bridgehead atoms. The lowest BCUT2D eigenvalue weighted by molar-refractivity contribution is 0.0854. The van der Waals surface area contributed by atoms with Crippen LogP contribution in [0.4, 0.5) is 5.69 Å². The minimum atomic E-state index is -0.234. The van der Waals surface area contributed by atoms with Crippen molar-refractivity contribution in [2.45, 2.75) is 32.8 Å². The summed E-state index contributed by atoms with van der Waals surface area (Å²) in [5.74, 6) is 0.360. The van der Waals surface area contributed by atoms with Gasteiger partial charge in [-0.2, -0.15) is 0 Å². The molecule has 0 aliphatic carbocycles. The number of para-hydroxylation sites is 1. The maximum Gasteiger partial charge on any atom is 0.256 e. The number of carbonyl (C=O) groups is 1. The van der Waals surface area contributed by atoms with Crippen LogP contribution in [0.3, 0.4) is 0 Å². The molecule has 1 aromatic heterocycles. The van der Waals surface area contributed by atoms with Gasteiger partial charge in [-0.3, -0.25) is 4.79 Å². The number of nitrogens with one attached hydrogen (secondary N) is 1. The van der Waals surface area contributed by atoms with Crippen LogP contribution in [-0.4, -0.2) is 32.3 Å². The highest BCUT2D eigenvalue weighted by molar-refractivity contribution is 5.97. The summed E-state index contributed by atoms with van der Waals surface area (Å²) in [5.41, 5.74) is 4.11. The van der Waals surface area contributed by atoms with Crippen molar-refractivity contribution < 1.29 is 18.7 Å². The Kier molecular flexibility index (Phi) is 5.86. The first-order valence-corrected chi connectivity index (χ1v) is 10.2. The Hall–Kier alpha value is -3.12. The highest BCUT2D eigenvalue weighted by Crippen LogP contribution is 2.25. The largest absolute Gasteiger partial charge is 0.493 e. The van der Waals surface area contributed by atoms with Crippen molar-refractivity contribution in [2.24, 2.45) is 4.99 Å². The molecule has 0 unspecified atom stereocenters. The molecule has 6 nitrogen and oxygen atoms in total. The Morgan fingerprint density at radius 3 is 2.83 bits per heavy atom. The van der Waals surface area contributed by atoms with Gasteiger partial charge in [0.2, 0.25) is 5.55 Å². The minimum absolute atomic E-state index is 0.0613. The molecule has 1 aliphatic heterocycles. The zero-order valence-corrected chi connectivity index (χ0v) is 17.5. The SMILES string of the molecule is COc1cccc2cc(C(=O)NC[C@@H]3CCCO3)c(=Nc3ccc(C)cc3C)oc12. The number of rotatable bonds is 5. The zero-order chi connectivity index (χ0) is 21.1. The lowest BCUT2D eigenvalue weighted by Crippen LogP contribution is -2.34. The zero-order valence-electron chi connectivity index (χ0n) is 17.5. The van der Waals surface area contributed by atoms with Crippen LogP contribution >= 0.6 is 0 Å². The van der Waals surface area contributed by atoms with Crippen LogP contribution in [-0.2, 0) is 4.74 Å². The Balaban J connectivity index is 1.81. The highest BCUT2D eigenvalue weighted by atomic mass is 16.5. The lowest BCUT2D eigenvalue weighted by Gasteiger charge is -2.12. The number of aryl methyl sites for hydroxylation is 2. The van der Waals surface area contributed by atoms with Crippen LogP contribution in [0.25, 0.3) is 11.0 Å². The molecule has 2 aromatic carbocycles. The fourth-order valence-corrected chi connectivity index (χ4v) is 3.68. The van der Waals surface area contributed by atoms with Gasteiger partial charge in [0.15, 0.2) is 11.3 Å². The van der Waals surface area contributed by atoms with E-state index in [9.17, 15) is 4.79 Å². The molecular weight excluding hydrogens is 380 g/mol. The molecule has 156 valence electrons. The molecule has 30 heavy (non-hydrogen) atoms. The predicted molar refractivity (Wildman–Crippen MR) is 115 cm³/mol. The van der Waals surface area contributed by atoms with E-state index in [1.165, 1.54) is 0 Å². The highest BCUT2D eigenvalue weighted by Gasteiger charge is 2.19. The molecule has 1 saturated heterocycles. The molecule has 1 N–H and O–H groups in total. The molecular formula is C24H26N2O4. The lowest BCUT2D eigenvalue weighted by atomic mass is 10.1. The summed E-state index contributed by atoms with van der Waals surface area (Å²) in [4.78, 5) is 17.7. The van der Waals surface area contributed by atoms with Crippen molar-refractivity contribution in [3.63, 3.8) is 0 Å². The molecule has 4 rings (SSSR count). The Bertz CT molecular complexity index is 1140. The Morgan fingerprint density at radius 1 is 1.23 bits per heavy atom. The maximum atomic E-state index is 13.0. The summed E-state index contributed by atoms with van der Waals surface area (Å²) in [6, 6.07) is 13.4. The first kappa shape index (κ1) is 20.2. The summed E-state index contributed by atoms with van der Waals surface area (Å²) in [7, 11) is 1.59. The average Bonchev–Trinajstić information content (AvgIpc) is 3.26. The third kappa shape index (κ3) is 4.24. The van der Waals surface area contributed by atoms with Crippen LogP contribution in [0.1, 0.15) is 34.3 Å². The quantitative estimate of drug-likeness (QED) is 0.689. The van der Waals surface area contributed by atoms with Crippen molar-refractivity contribution in [3.8, 4) is 5.75 Å². The van der Waals surface area contributed by atoms with Crippen molar-refractivity contribution >= 4 is 22.6 Å². The van der Waals surface area contributed by atoms with Gasteiger partial charge in [0.25, 0.3) is 5.91 Å². The molecule has 0 saturated carbocycles. The van der Waals surface area contributed by atoms with Gasteiger partial charge < -0.3 is 19.2 Å². The Labute approximate surface area is 175 Å². The summed E-state index contributed by atoms with van der Waals surface area (Å²) in [6.45, 7) is 5.24. The summed E-state index contributed by atoms with van der Waals surface area (Å²) >= 11 is 0. The van der Waals surface area contributed by atoms with E-state index in [4.69, 9.17) is 18.9 Å². The number of carbonyl (C=O) groups excluding carboxylic acids is 1. The van der Waals surface area contributed by atoms with Gasteiger partial charge in [-0.25, -0.2) is 4.99 Å². The van der Waals surface area contributed by atoms with E-state index in [0.29, 0.717) is 23.4 Å². The molecule has 1 aliphatic rings. The van der Waals surface area contributed by atoms with Gasteiger partial charge in [0, 0.05) is 18.5 Å². The predicted octanol–water partition coefficient (Wildman–Crippen LogP) is 4.20. The number of hydrogen-bond acceptors (Lipinski definition) is 5. The monoisotopic (exact) mass is 406 g/mol. The van der Waals surface area contributed by atoms with Gasteiger partial charge >= 0.3 is 0 Å². The molecule has 1 fully saturated rings. The van der Waals surface area contributed by atoms with Gasteiger partial charge in [0.05, 0.1) is 18.9 Å². The molecule has 1 atom stereocenters. The van der Waals surface area contributed by atoms with Crippen LogP contribution in [0.5, 0.6) is 5.75 Å². The number of hydrogen-bond donors (Lipinski definition) is 1. The third-order valence-corrected chi connectivity index (χ3v) is 5.29. The average molecular weight is 406 g/mol. The molecule has 0 spiro atoms. The first-order valence-electron chi connectivity index (χ1n) is 10.2. The molecule has 0 radical (unpaired) electrons. The van der Waals surface area contributed by atoms with Crippen molar-refractivity contribution in [3.05, 3.63) is 64.7 Å². The molecule has 3 aromatic rings. The van der Waals surface area contributed by atoms with Gasteiger partial charge in [0.1, 0.15) is 5.56 Å². The normalized spacial score (nSPS) is 16.8. The Morgan fingerprint density at radius 2 is 2.10 bits per heavy atom. The maximum absolute atomic E-state index is 13.0. The number of fused-ring (bicyclic) bond motifs is 1. The van der Waals surface area contributed by atoms with E-state index in [-0.39, 0.29) is 17.6 Å². The summed E-state index contributed by atoms with van der Waals surface area (Å²) < 4.78 is 17.2. The summed E-state index contributed by atoms with van der Waals surface area (Å²) in [6.07, 6.45) is 2.05. The van der Waals surface area contributed by atoms with Gasteiger partial charge in [-0.1, -0.05) is 29.8 Å². The number of amides is 1. The second-order valence-corrected chi connectivity index (χ2v) is 7.59. The fraction of sp³-hybridized carbons (Fsp3) is 0.333. The summed E-state index contributed by atoms with van der Waals surface area (Å²) in [5, 5.41) is 3.74. The smallest absolute Gasteiger partial charge is 0.256 e. The van der Waals surface area contributed by atoms with E-state index < -0.39 is 0 Å². The fourth-order valence-electron chi connectivity index (χ4n) is 3.68. The number of ether oxygens (including phenoxy) is 2. The standard InChI is InChI=1S/C24H26N2O4/c1-15-9-10-20(16(2)12-15)26-24-19(23(27)25-14-18-7-5-11-29-18)13-17-6-4-8-21(28-3)22(17)30-24/h4,6,8-10,12-13,18H,5,7,11,14H2,1-3H3,(H,25,27)/t18-/m0/s1. The molecule has 2 heterocycles. The van der Waals surface area contributed by atoms with E-state index >= 15 is 0 Å². The van der Waals surface area contributed by atoms with E-state index in [1.807, 2.05) is 44.2 Å². The second-order valence-electron chi connectivity index (χ2n) is 7.59. The van der Waals surface area contributed by atoms with Crippen molar-refractivity contribution in [2.75, 3.05) is 20.3 Å². The number of benzene rings is 2. The van der Waals surface area contributed by atoms with Crippen LogP contribution in [0.2, 0.25) is 0 Å². The van der Waals surface area contributed by atoms with Crippen LogP contribution < -0.4 is 15.6 Å². The van der Waals surface area contributed by atoms with Crippen LogP contribution in [0, 0.1) is 13.8 Å². The van der Waals surface area contributed by atoms with E-state index in [1.54, 1.807) is 13.2 Å². The topological polar surface area (TPSA) is 73.1 Å². The van der Waals surface area contributed by atoms with Crippen LogP contribution in [0.15, 0.2) is 51.9 Å². The van der Waals surface area contributed by atoms with Crippen molar-refractivity contribution in [1.29, 1.82) is 0 Å². The van der Waals surface area contributed by atoms with E-state index in [2.05, 4.69) is 11.4 Å². The van der Waals surface area contributed by atoms with Gasteiger partial charge in [-0.15, -0.1) is 0 Å². The van der Waals surface area contributed by atoms with Crippen molar-refractivity contribution in [1.82, 2.24) is 5.32 Å². The minimum Gasteiger partial charge on any atom is -0.493 e. The van der Waals surface area contributed by atoms with Gasteiger partial charge in [-0.05, 0) is 50.5 Å².